The molecule has 1 aliphatic heterocycles. The molecule has 30 heavy (non-hydrogen) atoms. The Bertz CT molecular complexity index is 821. The van der Waals surface area contributed by atoms with Crippen molar-refractivity contribution in [3.63, 3.8) is 0 Å². The van der Waals surface area contributed by atoms with Crippen LogP contribution in [0.4, 0.5) is 23.7 Å². The van der Waals surface area contributed by atoms with Crippen LogP contribution in [0.1, 0.15) is 12.8 Å². The minimum atomic E-state index is -4.66. The van der Waals surface area contributed by atoms with Gasteiger partial charge >= 0.3 is 12.3 Å². The van der Waals surface area contributed by atoms with E-state index in [1.165, 1.54) is 24.3 Å². The number of ether oxygens (including phenoxy) is 1. The van der Waals surface area contributed by atoms with Gasteiger partial charge in [0.2, 0.25) is 6.10 Å². The Labute approximate surface area is 182 Å². The first kappa shape index (κ1) is 22.8. The average Bonchev–Trinajstić information content (AvgIpc) is 2.70. The van der Waals surface area contributed by atoms with Crippen molar-refractivity contribution in [2.24, 2.45) is 0 Å². The minimum absolute atomic E-state index is 0.193. The zero-order chi connectivity index (χ0) is 21.6. The largest absolute Gasteiger partial charge is 0.435 e. The van der Waals surface area contributed by atoms with Crippen LogP contribution in [0.3, 0.4) is 0 Å². The zero-order valence-electron chi connectivity index (χ0n) is 16.1. The number of anilines is 1. The number of amides is 1. The van der Waals surface area contributed by atoms with E-state index in [9.17, 15) is 18.0 Å². The van der Waals surface area contributed by atoms with Crippen LogP contribution in [0, 0.1) is 0 Å². The Morgan fingerprint density at radius 1 is 1.20 bits per heavy atom. The van der Waals surface area contributed by atoms with Gasteiger partial charge in [0.1, 0.15) is 0 Å². The number of thioether (sulfide) groups is 1. The van der Waals surface area contributed by atoms with Gasteiger partial charge < -0.3 is 4.74 Å². The second-order valence-electron chi connectivity index (χ2n) is 7.02. The number of alkyl halides is 3. The molecule has 2 aromatic carbocycles. The van der Waals surface area contributed by atoms with Crippen molar-refractivity contribution in [2.45, 2.75) is 35.3 Å². The smallest absolute Gasteiger partial charge is 0.426 e. The Balaban J connectivity index is 1.57. The van der Waals surface area contributed by atoms with Crippen LogP contribution in [-0.2, 0) is 4.74 Å². The summed E-state index contributed by atoms with van der Waals surface area (Å²) >= 11 is 7.43. The van der Waals surface area contributed by atoms with E-state index < -0.39 is 18.4 Å². The van der Waals surface area contributed by atoms with Crippen molar-refractivity contribution in [3.8, 4) is 0 Å². The number of carbonyl (C=O) groups is 1. The van der Waals surface area contributed by atoms with E-state index in [2.05, 4.69) is 5.32 Å². The highest BCUT2D eigenvalue weighted by molar-refractivity contribution is 8.00. The molecular formula is C21H22ClF3N2O2S. The van der Waals surface area contributed by atoms with Crippen LogP contribution in [-0.4, -0.2) is 48.2 Å². The van der Waals surface area contributed by atoms with Gasteiger partial charge in [-0.3, -0.25) is 10.2 Å². The van der Waals surface area contributed by atoms with E-state index in [4.69, 9.17) is 16.3 Å². The lowest BCUT2D eigenvalue weighted by molar-refractivity contribution is -0.207. The van der Waals surface area contributed by atoms with Crippen LogP contribution < -0.4 is 5.32 Å². The summed E-state index contributed by atoms with van der Waals surface area (Å²) < 4.78 is 45.3. The van der Waals surface area contributed by atoms with Gasteiger partial charge in [0.25, 0.3) is 0 Å². The van der Waals surface area contributed by atoms with Crippen LogP contribution in [0.2, 0.25) is 5.02 Å². The summed E-state index contributed by atoms with van der Waals surface area (Å²) in [7, 11) is 0. The average molecular weight is 459 g/mol. The molecule has 0 spiro atoms. The van der Waals surface area contributed by atoms with E-state index in [1.54, 1.807) is 16.7 Å². The van der Waals surface area contributed by atoms with Crippen LogP contribution >= 0.6 is 23.4 Å². The molecule has 2 atom stereocenters. The molecule has 2 aromatic rings. The molecule has 0 saturated carbocycles. The fourth-order valence-electron chi connectivity index (χ4n) is 3.22. The second kappa shape index (κ2) is 10.4. The Morgan fingerprint density at radius 3 is 2.57 bits per heavy atom. The number of halogens is 4. The molecule has 1 unspecified atom stereocenters. The summed E-state index contributed by atoms with van der Waals surface area (Å²) in [5, 5.41) is 2.95. The molecule has 0 aliphatic carbocycles. The Morgan fingerprint density at radius 2 is 1.90 bits per heavy atom. The van der Waals surface area contributed by atoms with E-state index >= 15 is 0 Å². The highest BCUT2D eigenvalue weighted by atomic mass is 35.5. The maximum absolute atomic E-state index is 13.5. The summed E-state index contributed by atoms with van der Waals surface area (Å²) in [6, 6.07) is 15.8. The van der Waals surface area contributed by atoms with E-state index in [-0.39, 0.29) is 11.8 Å². The van der Waals surface area contributed by atoms with Crippen molar-refractivity contribution in [2.75, 3.05) is 25.0 Å². The highest BCUT2D eigenvalue weighted by Crippen LogP contribution is 2.31. The number of nitrogens with zero attached hydrogens (tertiary/aromatic N) is 1. The zero-order valence-corrected chi connectivity index (χ0v) is 17.6. The van der Waals surface area contributed by atoms with Crippen LogP contribution in [0.15, 0.2) is 59.5 Å². The summed E-state index contributed by atoms with van der Waals surface area (Å²) in [6.07, 6.45) is -6.27. The van der Waals surface area contributed by atoms with Gasteiger partial charge in [-0.25, -0.2) is 4.79 Å². The number of nitrogens with one attached hydrogen (secondary N) is 1. The molecule has 1 aliphatic rings. The van der Waals surface area contributed by atoms with E-state index in [0.29, 0.717) is 23.8 Å². The molecule has 1 fully saturated rings. The number of carbonyl (C=O) groups excluding carboxylic acids is 1. The van der Waals surface area contributed by atoms with Gasteiger partial charge in [0, 0.05) is 33.9 Å². The number of benzene rings is 2. The Hall–Kier alpha value is -1.90. The number of hydrogen-bond donors (Lipinski definition) is 1. The SMILES string of the molecule is O=C(Nc1ccc(Cl)cc1)OC(CN1CCC[C@H](Sc2ccccc2)C1)C(F)(F)F. The fourth-order valence-corrected chi connectivity index (χ4v) is 4.61. The summed E-state index contributed by atoms with van der Waals surface area (Å²) in [5.41, 5.74) is 0.308. The molecule has 9 heteroatoms. The molecule has 1 saturated heterocycles. The number of rotatable bonds is 6. The van der Waals surface area contributed by atoms with Gasteiger partial charge in [0.15, 0.2) is 0 Å². The molecule has 0 aromatic heterocycles. The van der Waals surface area contributed by atoms with E-state index in [1.807, 2.05) is 30.3 Å². The van der Waals surface area contributed by atoms with Crippen LogP contribution in [0.5, 0.6) is 0 Å². The molecule has 0 radical (unpaired) electrons. The third kappa shape index (κ3) is 7.11. The molecule has 3 rings (SSSR count). The topological polar surface area (TPSA) is 41.6 Å². The van der Waals surface area contributed by atoms with Gasteiger partial charge in [-0.2, -0.15) is 13.2 Å². The predicted molar refractivity (Wildman–Crippen MR) is 113 cm³/mol. The molecule has 0 bridgehead atoms. The third-order valence-corrected chi connectivity index (χ3v) is 6.15. The normalized spacial score (nSPS) is 18.6. The van der Waals surface area contributed by atoms with Crippen molar-refractivity contribution in [1.29, 1.82) is 0 Å². The lowest BCUT2D eigenvalue weighted by Gasteiger charge is -2.34. The molecule has 162 valence electrons. The molecule has 1 heterocycles. The number of likely N-dealkylation sites (tertiary alicyclic amines) is 1. The first-order valence-electron chi connectivity index (χ1n) is 9.53. The molecule has 1 N–H and O–H groups in total. The molecule has 4 nitrogen and oxygen atoms in total. The lowest BCUT2D eigenvalue weighted by Crippen LogP contribution is -2.48. The molecular weight excluding hydrogens is 437 g/mol. The van der Waals surface area contributed by atoms with Crippen molar-refractivity contribution in [3.05, 3.63) is 59.6 Å². The van der Waals surface area contributed by atoms with Crippen molar-refractivity contribution >= 4 is 35.1 Å². The number of piperidine rings is 1. The minimum Gasteiger partial charge on any atom is -0.435 e. The summed E-state index contributed by atoms with van der Waals surface area (Å²) in [5.74, 6) is 0. The lowest BCUT2D eigenvalue weighted by atomic mass is 10.1. The summed E-state index contributed by atoms with van der Waals surface area (Å²) in [4.78, 5) is 14.8. The van der Waals surface area contributed by atoms with E-state index in [0.717, 1.165) is 17.7 Å². The quantitative estimate of drug-likeness (QED) is 0.570. The molecule has 1 amide bonds. The van der Waals surface area contributed by atoms with Gasteiger partial charge in [-0.05, 0) is 55.8 Å². The maximum Gasteiger partial charge on any atom is 0.426 e. The maximum atomic E-state index is 13.5. The summed E-state index contributed by atoms with van der Waals surface area (Å²) in [6.45, 7) is 0.665. The second-order valence-corrected chi connectivity index (χ2v) is 8.83. The fraction of sp³-hybridized carbons (Fsp3) is 0.381. The standard InChI is InChI=1S/C21H22ClF3N2O2S/c22-15-8-10-16(11-9-15)26-20(28)29-19(21(23,24)25)14-27-12-4-7-18(13-27)30-17-5-2-1-3-6-17/h1-3,5-6,8-11,18-19H,4,7,12-14H2,(H,26,28)/t18-,19?/m0/s1. The first-order chi connectivity index (χ1) is 14.3. The predicted octanol–water partition coefficient (Wildman–Crippen LogP) is 6.08. The van der Waals surface area contributed by atoms with Crippen molar-refractivity contribution < 1.29 is 22.7 Å². The van der Waals surface area contributed by atoms with Gasteiger partial charge in [0.05, 0.1) is 0 Å². The highest BCUT2D eigenvalue weighted by Gasteiger charge is 2.44. The van der Waals surface area contributed by atoms with Gasteiger partial charge in [-0.1, -0.05) is 29.8 Å². The first-order valence-corrected chi connectivity index (χ1v) is 10.8. The monoisotopic (exact) mass is 458 g/mol. The Kier molecular flexibility index (Phi) is 7.91. The van der Waals surface area contributed by atoms with Crippen LogP contribution in [0.25, 0.3) is 0 Å². The number of hydrogen-bond acceptors (Lipinski definition) is 4. The third-order valence-electron chi connectivity index (χ3n) is 4.64. The van der Waals surface area contributed by atoms with Gasteiger partial charge in [-0.15, -0.1) is 11.8 Å². The van der Waals surface area contributed by atoms with Crippen molar-refractivity contribution in [1.82, 2.24) is 4.90 Å².